The van der Waals surface area contributed by atoms with Crippen LogP contribution in [0.25, 0.3) is 0 Å². The van der Waals surface area contributed by atoms with Crippen LogP contribution in [-0.2, 0) is 0 Å². The van der Waals surface area contributed by atoms with Gasteiger partial charge in [-0.05, 0) is 73.5 Å². The summed E-state index contributed by atoms with van der Waals surface area (Å²) >= 11 is 4.27. The van der Waals surface area contributed by atoms with Gasteiger partial charge in [-0.3, -0.25) is 0 Å². The topological polar surface area (TPSA) is 43.2 Å². The van der Waals surface area contributed by atoms with Gasteiger partial charge in [-0.25, -0.2) is 0 Å². The molecule has 5 heteroatoms. The summed E-state index contributed by atoms with van der Waals surface area (Å²) in [6.07, 6.45) is 30.9. The Hall–Kier alpha value is -2.01. The molecule has 0 N–H and O–H groups in total. The highest BCUT2D eigenvalue weighted by atomic mass is 32.1. The smallest absolute Gasteiger partial charge is 0.119 e. The van der Waals surface area contributed by atoms with Crippen molar-refractivity contribution in [2.24, 2.45) is 10.2 Å². The molecule has 2 rings (SSSR count). The zero-order valence-corrected chi connectivity index (χ0v) is 29.1. The molecule has 0 atom stereocenters. The zero-order chi connectivity index (χ0) is 31.2. The number of benzene rings is 2. The predicted octanol–water partition coefficient (Wildman–Crippen LogP) is 13.8. The summed E-state index contributed by atoms with van der Waals surface area (Å²) < 4.78 is 11.8. The summed E-state index contributed by atoms with van der Waals surface area (Å²) in [6.45, 7) is 3.84. The fraction of sp³-hybridized carbons (Fsp3) is 0.692. The van der Waals surface area contributed by atoms with Crippen molar-refractivity contribution in [3.8, 4) is 11.5 Å². The van der Waals surface area contributed by atoms with Crippen molar-refractivity contribution in [3.63, 3.8) is 0 Å². The second kappa shape index (κ2) is 28.5. The van der Waals surface area contributed by atoms with Crippen LogP contribution in [0, 0.1) is 0 Å². The Bertz CT molecular complexity index is 917. The lowest BCUT2D eigenvalue weighted by Gasteiger charge is -2.07. The molecule has 0 aliphatic rings. The molecule has 2 aromatic carbocycles. The number of nitrogens with zero attached hydrogens (tertiary/aromatic N) is 2. The molecular weight excluding hydrogens is 561 g/mol. The molecule has 0 saturated heterocycles. The number of unbranched alkanes of at least 4 members (excludes halogenated alkanes) is 21. The van der Waals surface area contributed by atoms with Crippen molar-refractivity contribution in [1.82, 2.24) is 0 Å². The van der Waals surface area contributed by atoms with Gasteiger partial charge in [0.05, 0.1) is 24.6 Å². The van der Waals surface area contributed by atoms with Crippen molar-refractivity contribution in [2.75, 3.05) is 19.0 Å². The van der Waals surface area contributed by atoms with Crippen LogP contribution in [-0.4, -0.2) is 19.0 Å². The zero-order valence-electron chi connectivity index (χ0n) is 28.2. The largest absolute Gasteiger partial charge is 0.494 e. The van der Waals surface area contributed by atoms with Gasteiger partial charge >= 0.3 is 0 Å². The minimum atomic E-state index is 0.774. The van der Waals surface area contributed by atoms with E-state index >= 15 is 0 Å². The first-order chi connectivity index (χ1) is 21.8. The van der Waals surface area contributed by atoms with Gasteiger partial charge in [-0.15, -0.1) is 0 Å². The quantitative estimate of drug-likeness (QED) is 0.0534. The first-order valence-corrected chi connectivity index (χ1v) is 18.9. The van der Waals surface area contributed by atoms with Gasteiger partial charge in [0.25, 0.3) is 0 Å². The molecule has 0 aliphatic carbocycles. The van der Waals surface area contributed by atoms with E-state index in [-0.39, 0.29) is 0 Å². The van der Waals surface area contributed by atoms with Gasteiger partial charge in [0.2, 0.25) is 0 Å². The molecule has 0 spiro atoms. The maximum absolute atomic E-state index is 5.94. The summed E-state index contributed by atoms with van der Waals surface area (Å²) in [5.41, 5.74) is 1.65. The average molecular weight is 625 g/mol. The predicted molar refractivity (Wildman–Crippen MR) is 194 cm³/mol. The highest BCUT2D eigenvalue weighted by Gasteiger charge is 1.99. The van der Waals surface area contributed by atoms with Gasteiger partial charge in [0, 0.05) is 0 Å². The van der Waals surface area contributed by atoms with Crippen LogP contribution in [0.4, 0.5) is 11.4 Å². The Morgan fingerprint density at radius 2 is 0.705 bits per heavy atom. The maximum Gasteiger partial charge on any atom is 0.119 e. The summed E-state index contributed by atoms with van der Waals surface area (Å²) in [6, 6.07) is 15.8. The number of azo groups is 1. The van der Waals surface area contributed by atoms with Crippen molar-refractivity contribution in [3.05, 3.63) is 48.5 Å². The van der Waals surface area contributed by atoms with E-state index in [9.17, 15) is 0 Å². The van der Waals surface area contributed by atoms with Gasteiger partial charge < -0.3 is 9.47 Å². The number of hydrogen-bond donors (Lipinski definition) is 1. The van der Waals surface area contributed by atoms with Crippen molar-refractivity contribution in [2.45, 2.75) is 155 Å². The summed E-state index contributed by atoms with van der Waals surface area (Å²) in [5, 5.41) is 8.76. The molecule has 0 aromatic heterocycles. The first-order valence-electron chi connectivity index (χ1n) is 18.3. The van der Waals surface area contributed by atoms with Crippen LogP contribution in [0.3, 0.4) is 0 Å². The molecule has 4 nitrogen and oxygen atoms in total. The van der Waals surface area contributed by atoms with Gasteiger partial charge in [-0.2, -0.15) is 22.9 Å². The van der Waals surface area contributed by atoms with E-state index in [1.165, 1.54) is 135 Å². The summed E-state index contributed by atoms with van der Waals surface area (Å²) in [4.78, 5) is 0. The number of thiol groups is 1. The van der Waals surface area contributed by atoms with Gasteiger partial charge in [0.1, 0.15) is 11.5 Å². The number of ether oxygens (including phenoxy) is 2. The van der Waals surface area contributed by atoms with Crippen LogP contribution in [0.15, 0.2) is 58.8 Å². The SMILES string of the molecule is CCCCCCCCCCCCCCCCOc1ccc(N=Nc2ccc(OCCCCCCCCCCCS)cc2)cc1. The Balaban J connectivity index is 1.45. The third-order valence-corrected chi connectivity index (χ3v) is 8.61. The molecule has 248 valence electrons. The average Bonchev–Trinajstić information content (AvgIpc) is 3.05. The second-order valence-electron chi connectivity index (χ2n) is 12.4. The molecule has 0 fully saturated rings. The van der Waals surface area contributed by atoms with E-state index in [1.54, 1.807) is 0 Å². The lowest BCUT2D eigenvalue weighted by Crippen LogP contribution is -1.97. The van der Waals surface area contributed by atoms with Gasteiger partial charge in [0.15, 0.2) is 0 Å². The van der Waals surface area contributed by atoms with Crippen LogP contribution in [0.2, 0.25) is 0 Å². The van der Waals surface area contributed by atoms with E-state index < -0.39 is 0 Å². The van der Waals surface area contributed by atoms with E-state index in [1.807, 2.05) is 48.5 Å². The van der Waals surface area contributed by atoms with Crippen LogP contribution < -0.4 is 9.47 Å². The van der Waals surface area contributed by atoms with Crippen LogP contribution >= 0.6 is 12.6 Å². The maximum atomic E-state index is 5.94. The van der Waals surface area contributed by atoms with Crippen LogP contribution in [0.1, 0.15) is 155 Å². The molecule has 2 aromatic rings. The number of hydrogen-bond acceptors (Lipinski definition) is 5. The first kappa shape index (κ1) is 38.2. The monoisotopic (exact) mass is 624 g/mol. The third-order valence-electron chi connectivity index (χ3n) is 8.29. The molecule has 0 heterocycles. The normalized spacial score (nSPS) is 11.4. The van der Waals surface area contributed by atoms with Crippen molar-refractivity contribution in [1.29, 1.82) is 0 Å². The molecule has 0 bridgehead atoms. The Kier molecular flexibility index (Phi) is 24.7. The Morgan fingerprint density at radius 3 is 1.02 bits per heavy atom. The molecule has 0 saturated carbocycles. The summed E-state index contributed by atoms with van der Waals surface area (Å²) in [7, 11) is 0. The fourth-order valence-electron chi connectivity index (χ4n) is 5.46. The molecule has 0 amide bonds. The van der Waals surface area contributed by atoms with E-state index in [0.29, 0.717) is 0 Å². The molecular formula is C39H64N2O2S. The lowest BCUT2D eigenvalue weighted by molar-refractivity contribution is 0.304. The van der Waals surface area contributed by atoms with Crippen molar-refractivity contribution < 1.29 is 9.47 Å². The fourth-order valence-corrected chi connectivity index (χ4v) is 5.69. The molecule has 0 aliphatic heterocycles. The van der Waals surface area contributed by atoms with E-state index in [0.717, 1.165) is 54.7 Å². The minimum absolute atomic E-state index is 0.774. The minimum Gasteiger partial charge on any atom is -0.494 e. The third kappa shape index (κ3) is 21.7. The molecule has 0 unspecified atom stereocenters. The summed E-state index contributed by atoms with van der Waals surface area (Å²) in [5.74, 6) is 2.82. The standard InChI is InChI=1S/C39H64N2O2S/c1-2-3-4-5-6-7-8-9-10-11-13-16-19-22-33-42-38-29-25-36(26-30-38)40-41-37-27-31-39(32-28-37)43-34-23-20-17-14-12-15-18-21-24-35-44/h25-32,44H,2-24,33-35H2,1H3. The Morgan fingerprint density at radius 1 is 0.409 bits per heavy atom. The van der Waals surface area contributed by atoms with Crippen molar-refractivity contribution >= 4 is 24.0 Å². The number of rotatable bonds is 30. The van der Waals surface area contributed by atoms with E-state index in [2.05, 4.69) is 29.8 Å². The molecule has 0 radical (unpaired) electrons. The van der Waals surface area contributed by atoms with Gasteiger partial charge in [-0.1, -0.05) is 135 Å². The Labute approximate surface area is 276 Å². The van der Waals surface area contributed by atoms with Crippen LogP contribution in [0.5, 0.6) is 11.5 Å². The lowest BCUT2D eigenvalue weighted by atomic mass is 10.0. The second-order valence-corrected chi connectivity index (χ2v) is 12.8. The highest BCUT2D eigenvalue weighted by Crippen LogP contribution is 2.24. The van der Waals surface area contributed by atoms with E-state index in [4.69, 9.17) is 9.47 Å². The molecule has 44 heavy (non-hydrogen) atoms. The highest BCUT2D eigenvalue weighted by molar-refractivity contribution is 7.80.